The van der Waals surface area contributed by atoms with Crippen molar-refractivity contribution in [2.75, 3.05) is 6.54 Å². The second-order valence-electron chi connectivity index (χ2n) is 10.6. The fourth-order valence-corrected chi connectivity index (χ4v) is 4.87. The zero-order chi connectivity index (χ0) is 28.9. The molecular weight excluding hydrogens is 508 g/mol. The number of allylic oxidation sites excluding steroid dienone is 5. The van der Waals surface area contributed by atoms with E-state index in [9.17, 15) is 19.6 Å². The Morgan fingerprint density at radius 3 is 2.28 bits per heavy atom. The largest absolute Gasteiger partial charge is 0.481 e. The number of carboxylic acids is 1. The lowest BCUT2D eigenvalue weighted by molar-refractivity contribution is -0.143. The number of amides is 1. The molecule has 39 heavy (non-hydrogen) atoms. The Labute approximate surface area is 240 Å². The molecule has 0 aliphatic carbocycles. The first-order valence-electron chi connectivity index (χ1n) is 14.3. The summed E-state index contributed by atoms with van der Waals surface area (Å²) >= 11 is 0.886. The minimum absolute atomic E-state index is 0.256. The van der Waals surface area contributed by atoms with E-state index in [1.165, 1.54) is 44.9 Å². The Kier molecular flexibility index (Phi) is 17.9. The number of carbonyl (C=O) groups is 2. The summed E-state index contributed by atoms with van der Waals surface area (Å²) in [6.45, 7) is 8.41. The average Bonchev–Trinajstić information content (AvgIpc) is 2.89. The van der Waals surface area contributed by atoms with Gasteiger partial charge in [0, 0.05) is 29.6 Å². The first-order chi connectivity index (χ1) is 18.7. The van der Waals surface area contributed by atoms with Gasteiger partial charge in [0.25, 0.3) is 0 Å². The third kappa shape index (κ3) is 15.5. The van der Waals surface area contributed by atoms with Crippen molar-refractivity contribution in [1.82, 2.24) is 4.90 Å². The minimum atomic E-state index is -1.03. The van der Waals surface area contributed by atoms with Crippen LogP contribution in [0.1, 0.15) is 97.5 Å². The highest BCUT2D eigenvalue weighted by atomic mass is 32.2. The van der Waals surface area contributed by atoms with Crippen LogP contribution in [0.5, 0.6) is 0 Å². The highest BCUT2D eigenvalue weighted by Gasteiger charge is 2.33. The van der Waals surface area contributed by atoms with E-state index < -0.39 is 16.6 Å². The summed E-state index contributed by atoms with van der Waals surface area (Å²) in [7, 11) is 0. The van der Waals surface area contributed by atoms with Gasteiger partial charge in [0.2, 0.25) is 5.91 Å². The second-order valence-corrected chi connectivity index (χ2v) is 12.1. The van der Waals surface area contributed by atoms with E-state index in [1.54, 1.807) is 4.90 Å². The van der Waals surface area contributed by atoms with Crippen molar-refractivity contribution in [2.45, 2.75) is 103 Å². The van der Waals surface area contributed by atoms with Crippen molar-refractivity contribution in [3.8, 4) is 0 Å². The summed E-state index contributed by atoms with van der Waals surface area (Å²) in [5.41, 5.74) is 1.61. The predicted molar refractivity (Wildman–Crippen MR) is 164 cm³/mol. The van der Waals surface area contributed by atoms with Gasteiger partial charge in [-0.05, 0) is 44.7 Å². The van der Waals surface area contributed by atoms with Crippen LogP contribution in [0, 0.1) is 10.8 Å². The molecule has 0 bridgehead atoms. The molecule has 1 aromatic carbocycles. The fraction of sp³-hybridized carbons (Fsp3) is 0.562. The van der Waals surface area contributed by atoms with Crippen molar-refractivity contribution < 1.29 is 14.7 Å². The van der Waals surface area contributed by atoms with Gasteiger partial charge in [-0.15, -0.1) is 4.91 Å². The molecule has 0 fully saturated rings. The molecule has 0 heterocycles. The summed E-state index contributed by atoms with van der Waals surface area (Å²) in [5.74, 6) is -2.14. The van der Waals surface area contributed by atoms with E-state index >= 15 is 0 Å². The van der Waals surface area contributed by atoms with Crippen molar-refractivity contribution in [2.24, 2.45) is 10.5 Å². The summed E-state index contributed by atoms with van der Waals surface area (Å²) in [6.07, 6.45) is 20.0. The van der Waals surface area contributed by atoms with Crippen LogP contribution in [-0.4, -0.2) is 33.2 Å². The molecule has 0 saturated carbocycles. The third-order valence-corrected chi connectivity index (χ3v) is 7.18. The number of rotatable bonds is 21. The van der Waals surface area contributed by atoms with Gasteiger partial charge in [0.15, 0.2) is 0 Å². The average molecular weight is 557 g/mol. The molecule has 1 rings (SSSR count). The van der Waals surface area contributed by atoms with Crippen LogP contribution in [0.15, 0.2) is 70.9 Å². The predicted octanol–water partition coefficient (Wildman–Crippen LogP) is 8.89. The van der Waals surface area contributed by atoms with Gasteiger partial charge < -0.3 is 10.0 Å². The number of benzene rings is 1. The van der Waals surface area contributed by atoms with E-state index in [0.29, 0.717) is 12.1 Å². The highest BCUT2D eigenvalue weighted by molar-refractivity contribution is 7.99. The number of hydrogen-bond donors (Lipinski definition) is 1. The molecule has 1 amide bonds. The van der Waals surface area contributed by atoms with Crippen LogP contribution in [0.2, 0.25) is 0 Å². The molecule has 0 radical (unpaired) electrons. The van der Waals surface area contributed by atoms with Crippen molar-refractivity contribution in [3.05, 3.63) is 76.8 Å². The topological polar surface area (TPSA) is 87.0 Å². The monoisotopic (exact) mass is 556 g/mol. The smallest absolute Gasteiger partial charge is 0.304 e. The van der Waals surface area contributed by atoms with Gasteiger partial charge >= 0.3 is 5.97 Å². The number of nitroso groups, excluding NO2 is 1. The van der Waals surface area contributed by atoms with E-state index in [1.807, 2.05) is 75.4 Å². The molecule has 1 atom stereocenters. The molecule has 6 nitrogen and oxygen atoms in total. The molecule has 216 valence electrons. The van der Waals surface area contributed by atoms with E-state index in [4.69, 9.17) is 0 Å². The van der Waals surface area contributed by atoms with Crippen LogP contribution in [0.4, 0.5) is 0 Å². The Morgan fingerprint density at radius 2 is 1.69 bits per heavy atom. The zero-order valence-electron chi connectivity index (χ0n) is 24.3. The maximum absolute atomic E-state index is 14.0. The normalized spacial score (nSPS) is 13.2. The van der Waals surface area contributed by atoms with Gasteiger partial charge in [-0.3, -0.25) is 9.59 Å². The van der Waals surface area contributed by atoms with E-state index in [0.717, 1.165) is 30.4 Å². The number of nitrogens with zero attached hydrogens (tertiary/aromatic N) is 2. The van der Waals surface area contributed by atoms with Crippen LogP contribution in [0.3, 0.4) is 0 Å². The first-order valence-corrected chi connectivity index (χ1v) is 15.1. The van der Waals surface area contributed by atoms with E-state index in [-0.39, 0.29) is 18.9 Å². The molecular formula is C32H48N2O4S. The van der Waals surface area contributed by atoms with Crippen molar-refractivity contribution in [3.63, 3.8) is 0 Å². The second kappa shape index (κ2) is 20.3. The number of carboxylic acid groups (broad SMARTS) is 1. The zero-order valence-corrected chi connectivity index (χ0v) is 25.1. The SMILES string of the molecule is CC=CC=C(C=CCCCCCCCCCC)C(CC(=O)O)C(=O)N(Cc1ccccc1)CC(C)(C)SN=O. The maximum atomic E-state index is 14.0. The summed E-state index contributed by atoms with van der Waals surface area (Å²) < 4.78 is 2.36. The number of aliphatic carboxylic acids is 1. The molecule has 0 spiro atoms. The molecule has 0 saturated heterocycles. The molecule has 0 aliphatic rings. The molecule has 7 heteroatoms. The minimum Gasteiger partial charge on any atom is -0.481 e. The lowest BCUT2D eigenvalue weighted by Gasteiger charge is -2.33. The highest BCUT2D eigenvalue weighted by Crippen LogP contribution is 2.29. The van der Waals surface area contributed by atoms with Gasteiger partial charge in [0.05, 0.1) is 17.1 Å². The van der Waals surface area contributed by atoms with Gasteiger partial charge in [0.1, 0.15) is 0 Å². The first kappa shape index (κ1) is 34.4. The molecule has 1 unspecified atom stereocenters. The molecule has 1 aromatic rings. The lowest BCUT2D eigenvalue weighted by atomic mass is 9.91. The van der Waals surface area contributed by atoms with Crippen LogP contribution >= 0.6 is 11.9 Å². The van der Waals surface area contributed by atoms with Crippen LogP contribution in [0.25, 0.3) is 0 Å². The Bertz CT molecular complexity index is 941. The Morgan fingerprint density at radius 1 is 1.05 bits per heavy atom. The number of hydrogen-bond acceptors (Lipinski definition) is 5. The molecule has 1 N–H and O–H groups in total. The van der Waals surface area contributed by atoms with Crippen LogP contribution in [-0.2, 0) is 16.1 Å². The Hall–Kier alpha value is -2.67. The van der Waals surface area contributed by atoms with Crippen molar-refractivity contribution in [1.29, 1.82) is 0 Å². The Balaban J connectivity index is 3.09. The van der Waals surface area contributed by atoms with E-state index in [2.05, 4.69) is 17.6 Å². The standard InChI is InChI=1S/C32H48N2O4S/c1-5-7-9-10-11-12-13-14-15-19-23-28(22-8-6-2)29(24-30(35)36)31(37)34(26-32(3,4)39-33-38)25-27-20-17-16-18-21-27/h6,8,16-23,29H,5,7,9-15,24-26H2,1-4H3,(H,35,36). The third-order valence-electron chi connectivity index (χ3n) is 6.48. The molecule has 0 aliphatic heterocycles. The lowest BCUT2D eigenvalue weighted by Crippen LogP contribution is -2.43. The van der Waals surface area contributed by atoms with Gasteiger partial charge in [-0.1, -0.05) is 113 Å². The fourth-order valence-electron chi connectivity index (χ4n) is 4.46. The number of carbonyl (C=O) groups excluding carboxylic acids is 1. The quantitative estimate of drug-likeness (QED) is 0.0707. The summed E-state index contributed by atoms with van der Waals surface area (Å²) in [4.78, 5) is 38.6. The summed E-state index contributed by atoms with van der Waals surface area (Å²) in [5, 5.41) is 9.74. The number of unbranched alkanes of at least 4 members (excludes halogenated alkanes) is 8. The van der Waals surface area contributed by atoms with Gasteiger partial charge in [-0.2, -0.15) is 0 Å². The summed E-state index contributed by atoms with van der Waals surface area (Å²) in [6, 6.07) is 9.60. The maximum Gasteiger partial charge on any atom is 0.304 e. The van der Waals surface area contributed by atoms with Gasteiger partial charge in [-0.25, -0.2) is 0 Å². The van der Waals surface area contributed by atoms with Crippen LogP contribution < -0.4 is 0 Å². The molecule has 0 aromatic heterocycles. The van der Waals surface area contributed by atoms with Crippen molar-refractivity contribution >= 4 is 23.8 Å².